The van der Waals surface area contributed by atoms with E-state index in [4.69, 9.17) is 0 Å². The van der Waals surface area contributed by atoms with Gasteiger partial charge in [0.2, 0.25) is 5.91 Å². The summed E-state index contributed by atoms with van der Waals surface area (Å²) in [5, 5.41) is 0. The highest BCUT2D eigenvalue weighted by atomic mass is 19.1. The number of hydrogen-bond acceptors (Lipinski definition) is 3. The van der Waals surface area contributed by atoms with E-state index < -0.39 is 0 Å². The van der Waals surface area contributed by atoms with Gasteiger partial charge in [-0.15, -0.1) is 0 Å². The molecule has 2 aliphatic heterocycles. The molecule has 136 valence electrons. The summed E-state index contributed by atoms with van der Waals surface area (Å²) in [6, 6.07) is 15.0. The van der Waals surface area contributed by atoms with Gasteiger partial charge in [0.05, 0.1) is 6.54 Å². The van der Waals surface area contributed by atoms with Crippen molar-refractivity contribution in [2.24, 2.45) is 0 Å². The molecule has 2 aromatic rings. The smallest absolute Gasteiger partial charge is 0.242 e. The van der Waals surface area contributed by atoms with Crippen LogP contribution in [0, 0.1) is 5.82 Å². The highest BCUT2D eigenvalue weighted by Crippen LogP contribution is 2.26. The van der Waals surface area contributed by atoms with Crippen LogP contribution in [-0.2, 0) is 11.2 Å². The van der Waals surface area contributed by atoms with E-state index in [1.54, 1.807) is 12.1 Å². The summed E-state index contributed by atoms with van der Waals surface area (Å²) < 4.78 is 13.1. The summed E-state index contributed by atoms with van der Waals surface area (Å²) in [4.78, 5) is 19.2. The number of hydrogen-bond donors (Lipinski definition) is 0. The maximum Gasteiger partial charge on any atom is 0.242 e. The molecule has 4 rings (SSSR count). The van der Waals surface area contributed by atoms with E-state index in [1.807, 2.05) is 11.0 Å². The Balaban J connectivity index is 1.35. The van der Waals surface area contributed by atoms with Crippen molar-refractivity contribution in [3.05, 3.63) is 59.9 Å². The van der Waals surface area contributed by atoms with Gasteiger partial charge in [0.15, 0.2) is 0 Å². The Kier molecular flexibility index (Phi) is 4.78. The number of rotatable bonds is 3. The van der Waals surface area contributed by atoms with Crippen LogP contribution in [0.5, 0.6) is 0 Å². The Bertz CT molecular complexity index is 769. The second-order valence-electron chi connectivity index (χ2n) is 7.00. The normalized spacial score (nSPS) is 17.2. The van der Waals surface area contributed by atoms with Gasteiger partial charge >= 0.3 is 0 Å². The van der Waals surface area contributed by atoms with Crippen LogP contribution in [0.15, 0.2) is 48.5 Å². The van der Waals surface area contributed by atoms with Crippen molar-refractivity contribution in [1.82, 2.24) is 4.90 Å². The lowest BCUT2D eigenvalue weighted by atomic mass is 10.0. The van der Waals surface area contributed by atoms with Gasteiger partial charge in [-0.2, -0.15) is 0 Å². The first kappa shape index (κ1) is 16.9. The van der Waals surface area contributed by atoms with Crippen molar-refractivity contribution < 1.29 is 9.18 Å². The van der Waals surface area contributed by atoms with Crippen LogP contribution in [-0.4, -0.2) is 50.1 Å². The Hall–Kier alpha value is -2.56. The molecule has 5 heteroatoms. The molecule has 0 unspecified atom stereocenters. The van der Waals surface area contributed by atoms with Crippen LogP contribution in [0.1, 0.15) is 12.0 Å². The summed E-state index contributed by atoms with van der Waals surface area (Å²) in [6.07, 6.45) is 2.19. The van der Waals surface area contributed by atoms with Crippen molar-refractivity contribution in [3.63, 3.8) is 0 Å². The molecule has 4 nitrogen and oxygen atoms in total. The van der Waals surface area contributed by atoms with E-state index in [2.05, 4.69) is 28.0 Å². The summed E-state index contributed by atoms with van der Waals surface area (Å²) in [5.41, 5.74) is 3.56. The summed E-state index contributed by atoms with van der Waals surface area (Å²) >= 11 is 0. The Morgan fingerprint density at radius 1 is 0.923 bits per heavy atom. The van der Waals surface area contributed by atoms with E-state index in [1.165, 1.54) is 23.4 Å². The Morgan fingerprint density at radius 2 is 1.65 bits per heavy atom. The molecule has 0 atom stereocenters. The quantitative estimate of drug-likeness (QED) is 0.849. The maximum absolute atomic E-state index is 13.1. The zero-order chi connectivity index (χ0) is 17.9. The number of para-hydroxylation sites is 1. The van der Waals surface area contributed by atoms with Gasteiger partial charge < -0.3 is 14.7 Å². The second-order valence-corrected chi connectivity index (χ2v) is 7.00. The number of piperazine rings is 1. The molecule has 0 N–H and O–H groups in total. The van der Waals surface area contributed by atoms with Gasteiger partial charge in [0.1, 0.15) is 5.82 Å². The molecule has 2 heterocycles. The molecule has 0 bridgehead atoms. The van der Waals surface area contributed by atoms with Crippen molar-refractivity contribution in [1.29, 1.82) is 0 Å². The summed E-state index contributed by atoms with van der Waals surface area (Å²) in [7, 11) is 0. The lowest BCUT2D eigenvalue weighted by Gasteiger charge is -2.38. The number of fused-ring (bicyclic) bond motifs is 1. The highest BCUT2D eigenvalue weighted by Gasteiger charge is 2.25. The fourth-order valence-electron chi connectivity index (χ4n) is 3.91. The van der Waals surface area contributed by atoms with Gasteiger partial charge in [0, 0.05) is 44.1 Å². The molecule has 1 fully saturated rings. The highest BCUT2D eigenvalue weighted by molar-refractivity contribution is 5.82. The number of aryl methyl sites for hydroxylation is 1. The molecule has 0 aliphatic carbocycles. The van der Waals surface area contributed by atoms with Crippen molar-refractivity contribution >= 4 is 17.3 Å². The van der Waals surface area contributed by atoms with E-state index in [0.29, 0.717) is 19.6 Å². The summed E-state index contributed by atoms with van der Waals surface area (Å²) in [5.74, 6) is -0.0233. The first-order valence-corrected chi connectivity index (χ1v) is 9.32. The van der Waals surface area contributed by atoms with Crippen LogP contribution in [0.2, 0.25) is 0 Å². The first-order chi connectivity index (χ1) is 12.7. The molecule has 26 heavy (non-hydrogen) atoms. The minimum atomic E-state index is -0.218. The fourth-order valence-corrected chi connectivity index (χ4v) is 3.91. The van der Waals surface area contributed by atoms with Crippen molar-refractivity contribution in [2.45, 2.75) is 12.8 Å². The van der Waals surface area contributed by atoms with Crippen LogP contribution in [0.25, 0.3) is 0 Å². The van der Waals surface area contributed by atoms with Gasteiger partial charge in [-0.25, -0.2) is 4.39 Å². The number of benzene rings is 2. The molecule has 2 aromatic carbocycles. The van der Waals surface area contributed by atoms with Crippen molar-refractivity contribution in [2.75, 3.05) is 49.1 Å². The predicted molar refractivity (Wildman–Crippen MR) is 102 cm³/mol. The first-order valence-electron chi connectivity index (χ1n) is 9.32. The predicted octanol–water partition coefficient (Wildman–Crippen LogP) is 2.93. The fraction of sp³-hybridized carbons (Fsp3) is 0.381. The summed E-state index contributed by atoms with van der Waals surface area (Å²) in [6.45, 7) is 4.39. The molecule has 1 saturated heterocycles. The molecule has 1 amide bonds. The van der Waals surface area contributed by atoms with E-state index in [0.717, 1.165) is 38.2 Å². The second kappa shape index (κ2) is 7.36. The zero-order valence-corrected chi connectivity index (χ0v) is 14.9. The topological polar surface area (TPSA) is 26.8 Å². The minimum Gasteiger partial charge on any atom is -0.368 e. The standard InChI is InChI=1S/C21H24FN3O/c22-18-7-9-19(10-8-18)23-12-14-24(15-13-23)21(26)16-25-11-3-5-17-4-1-2-6-20(17)25/h1-2,4,6-10H,3,5,11-16H2. The average molecular weight is 353 g/mol. The Labute approximate surface area is 153 Å². The largest absolute Gasteiger partial charge is 0.368 e. The molecular formula is C21H24FN3O. The number of anilines is 2. The number of halogens is 1. The van der Waals surface area contributed by atoms with Crippen molar-refractivity contribution in [3.8, 4) is 0 Å². The zero-order valence-electron chi connectivity index (χ0n) is 14.9. The van der Waals surface area contributed by atoms with Crippen LogP contribution in [0.3, 0.4) is 0 Å². The lowest BCUT2D eigenvalue weighted by molar-refractivity contribution is -0.130. The number of carbonyl (C=O) groups is 1. The van der Waals surface area contributed by atoms with Crippen LogP contribution in [0.4, 0.5) is 15.8 Å². The monoisotopic (exact) mass is 353 g/mol. The minimum absolute atomic E-state index is 0.195. The maximum atomic E-state index is 13.1. The molecule has 0 radical (unpaired) electrons. The van der Waals surface area contributed by atoms with Gasteiger partial charge in [-0.1, -0.05) is 18.2 Å². The van der Waals surface area contributed by atoms with Gasteiger partial charge in [0.25, 0.3) is 0 Å². The van der Waals surface area contributed by atoms with E-state index in [-0.39, 0.29) is 11.7 Å². The third-order valence-electron chi connectivity index (χ3n) is 5.36. The third kappa shape index (κ3) is 3.52. The third-order valence-corrected chi connectivity index (χ3v) is 5.36. The average Bonchev–Trinajstić information content (AvgIpc) is 2.69. The SMILES string of the molecule is O=C(CN1CCCc2ccccc21)N1CCN(c2ccc(F)cc2)CC1. The van der Waals surface area contributed by atoms with Gasteiger partial charge in [-0.05, 0) is 48.7 Å². The van der Waals surface area contributed by atoms with E-state index >= 15 is 0 Å². The van der Waals surface area contributed by atoms with Gasteiger partial charge in [-0.3, -0.25) is 4.79 Å². The van der Waals surface area contributed by atoms with Crippen LogP contribution >= 0.6 is 0 Å². The molecule has 2 aliphatic rings. The molecular weight excluding hydrogens is 329 g/mol. The Morgan fingerprint density at radius 3 is 2.42 bits per heavy atom. The number of carbonyl (C=O) groups excluding carboxylic acids is 1. The van der Waals surface area contributed by atoms with E-state index in [9.17, 15) is 9.18 Å². The lowest BCUT2D eigenvalue weighted by Crippen LogP contribution is -2.51. The molecule has 0 aromatic heterocycles. The number of amides is 1. The molecule has 0 saturated carbocycles. The number of nitrogens with zero attached hydrogens (tertiary/aromatic N) is 3. The molecule has 0 spiro atoms. The van der Waals surface area contributed by atoms with Crippen LogP contribution < -0.4 is 9.80 Å².